The van der Waals surface area contributed by atoms with Crippen molar-refractivity contribution in [3.8, 4) is 0 Å². The van der Waals surface area contributed by atoms with Crippen molar-refractivity contribution in [3.05, 3.63) is 0 Å². The summed E-state index contributed by atoms with van der Waals surface area (Å²) in [6.07, 6.45) is -0.0392. The Labute approximate surface area is 104 Å². The molecule has 0 radical (unpaired) electrons. The standard InChI is InChI=1S/C10H23N3O3S/c1-3-11-4-7-17(14,15)12-8-10-9-13(2)5-6-16-10/h10-12H,3-9H2,1-2H3. The molecule has 6 nitrogen and oxygen atoms in total. The summed E-state index contributed by atoms with van der Waals surface area (Å²) in [6, 6.07) is 0. The van der Waals surface area contributed by atoms with Gasteiger partial charge in [-0.3, -0.25) is 0 Å². The van der Waals surface area contributed by atoms with Crippen LogP contribution in [0.25, 0.3) is 0 Å². The maximum atomic E-state index is 11.6. The fraction of sp³-hybridized carbons (Fsp3) is 1.00. The summed E-state index contributed by atoms with van der Waals surface area (Å²) >= 11 is 0. The fourth-order valence-electron chi connectivity index (χ4n) is 1.67. The molecule has 1 aliphatic rings. The van der Waals surface area contributed by atoms with Crippen LogP contribution in [0.3, 0.4) is 0 Å². The Hall–Kier alpha value is -0.210. The lowest BCUT2D eigenvalue weighted by molar-refractivity contribution is -0.0156. The molecule has 1 atom stereocenters. The number of morpholine rings is 1. The van der Waals surface area contributed by atoms with Crippen LogP contribution in [0.2, 0.25) is 0 Å². The normalized spacial score (nSPS) is 22.8. The zero-order chi connectivity index (χ0) is 12.7. The lowest BCUT2D eigenvalue weighted by Crippen LogP contribution is -2.46. The zero-order valence-electron chi connectivity index (χ0n) is 10.6. The molecule has 1 aliphatic heterocycles. The van der Waals surface area contributed by atoms with E-state index in [1.165, 1.54) is 0 Å². The van der Waals surface area contributed by atoms with Gasteiger partial charge in [0.1, 0.15) is 0 Å². The van der Waals surface area contributed by atoms with Gasteiger partial charge in [0.25, 0.3) is 0 Å². The van der Waals surface area contributed by atoms with Crippen LogP contribution in [0.4, 0.5) is 0 Å². The Morgan fingerprint density at radius 3 is 2.88 bits per heavy atom. The lowest BCUT2D eigenvalue weighted by Gasteiger charge is -2.30. The molecule has 0 aromatic carbocycles. The third kappa shape index (κ3) is 6.32. The average Bonchev–Trinajstić information content (AvgIpc) is 2.27. The van der Waals surface area contributed by atoms with E-state index in [0.717, 1.165) is 19.6 Å². The highest BCUT2D eigenvalue weighted by Crippen LogP contribution is 2.02. The van der Waals surface area contributed by atoms with Gasteiger partial charge in [-0.1, -0.05) is 6.92 Å². The van der Waals surface area contributed by atoms with Crippen LogP contribution in [0.15, 0.2) is 0 Å². The van der Waals surface area contributed by atoms with Crippen LogP contribution < -0.4 is 10.0 Å². The Kier molecular flexibility index (Phi) is 6.35. The van der Waals surface area contributed by atoms with Crippen molar-refractivity contribution in [3.63, 3.8) is 0 Å². The van der Waals surface area contributed by atoms with Gasteiger partial charge < -0.3 is 15.0 Å². The van der Waals surface area contributed by atoms with E-state index in [2.05, 4.69) is 14.9 Å². The summed E-state index contributed by atoms with van der Waals surface area (Å²) in [7, 11) is -1.17. The smallest absolute Gasteiger partial charge is 0.212 e. The Balaban J connectivity index is 2.23. The van der Waals surface area contributed by atoms with Gasteiger partial charge in [0.15, 0.2) is 0 Å². The van der Waals surface area contributed by atoms with Gasteiger partial charge in [-0.05, 0) is 13.6 Å². The number of nitrogens with zero attached hydrogens (tertiary/aromatic N) is 1. The molecular weight excluding hydrogens is 242 g/mol. The minimum Gasteiger partial charge on any atom is -0.374 e. The van der Waals surface area contributed by atoms with Crippen molar-refractivity contribution < 1.29 is 13.2 Å². The first-order valence-electron chi connectivity index (χ1n) is 6.01. The number of hydrogen-bond acceptors (Lipinski definition) is 5. The van der Waals surface area contributed by atoms with E-state index in [1.54, 1.807) is 0 Å². The van der Waals surface area contributed by atoms with E-state index in [-0.39, 0.29) is 11.9 Å². The molecule has 0 amide bonds. The molecule has 1 unspecified atom stereocenters. The van der Waals surface area contributed by atoms with Crippen molar-refractivity contribution >= 4 is 10.0 Å². The van der Waals surface area contributed by atoms with E-state index in [4.69, 9.17) is 4.74 Å². The maximum absolute atomic E-state index is 11.6. The highest BCUT2D eigenvalue weighted by Gasteiger charge is 2.19. The summed E-state index contributed by atoms with van der Waals surface area (Å²) in [5.74, 6) is 0.114. The molecule has 7 heteroatoms. The van der Waals surface area contributed by atoms with Crippen molar-refractivity contribution in [2.24, 2.45) is 0 Å². The lowest BCUT2D eigenvalue weighted by atomic mass is 10.3. The molecule has 0 aromatic heterocycles. The first-order chi connectivity index (χ1) is 8.03. The van der Waals surface area contributed by atoms with Gasteiger partial charge in [0.2, 0.25) is 10.0 Å². The van der Waals surface area contributed by atoms with Gasteiger partial charge in [0.05, 0.1) is 18.5 Å². The summed E-state index contributed by atoms with van der Waals surface area (Å²) < 4.78 is 31.3. The molecule has 0 saturated carbocycles. The van der Waals surface area contributed by atoms with Gasteiger partial charge >= 0.3 is 0 Å². The molecule has 1 heterocycles. The predicted octanol–water partition coefficient (Wildman–Crippen LogP) is -1.15. The summed E-state index contributed by atoms with van der Waals surface area (Å²) in [5, 5.41) is 2.99. The molecule has 0 aromatic rings. The van der Waals surface area contributed by atoms with Gasteiger partial charge in [-0.2, -0.15) is 0 Å². The molecule has 1 fully saturated rings. The number of sulfonamides is 1. The highest BCUT2D eigenvalue weighted by atomic mass is 32.2. The van der Waals surface area contributed by atoms with Crippen LogP contribution in [0, 0.1) is 0 Å². The van der Waals surface area contributed by atoms with E-state index in [9.17, 15) is 8.42 Å². The largest absolute Gasteiger partial charge is 0.374 e. The third-order valence-electron chi connectivity index (χ3n) is 2.67. The van der Waals surface area contributed by atoms with E-state index >= 15 is 0 Å². The minimum atomic E-state index is -3.18. The third-order valence-corrected chi connectivity index (χ3v) is 4.02. The molecule has 102 valence electrons. The molecule has 0 bridgehead atoms. The minimum absolute atomic E-state index is 0.0392. The van der Waals surface area contributed by atoms with E-state index in [1.807, 2.05) is 14.0 Å². The number of ether oxygens (including phenoxy) is 1. The molecular formula is C10H23N3O3S. The van der Waals surface area contributed by atoms with Crippen molar-refractivity contribution in [1.29, 1.82) is 0 Å². The Morgan fingerprint density at radius 1 is 1.47 bits per heavy atom. The molecule has 0 aliphatic carbocycles. The monoisotopic (exact) mass is 265 g/mol. The van der Waals surface area contributed by atoms with Crippen molar-refractivity contribution in [1.82, 2.24) is 14.9 Å². The maximum Gasteiger partial charge on any atom is 0.212 e. The Morgan fingerprint density at radius 2 is 2.24 bits per heavy atom. The number of rotatable bonds is 7. The van der Waals surface area contributed by atoms with Crippen LogP contribution in [-0.4, -0.2) is 71.6 Å². The van der Waals surface area contributed by atoms with E-state index in [0.29, 0.717) is 19.7 Å². The Bertz CT molecular complexity index is 308. The quantitative estimate of drug-likeness (QED) is 0.569. The average molecular weight is 265 g/mol. The second kappa shape index (κ2) is 7.27. The number of nitrogens with one attached hydrogen (secondary N) is 2. The summed E-state index contributed by atoms with van der Waals surface area (Å²) in [6.45, 7) is 5.92. The number of hydrogen-bond donors (Lipinski definition) is 2. The number of likely N-dealkylation sites (N-methyl/N-ethyl adjacent to an activating group) is 1. The van der Waals surface area contributed by atoms with Crippen molar-refractivity contribution in [2.45, 2.75) is 13.0 Å². The molecule has 1 rings (SSSR count). The molecule has 0 spiro atoms. The molecule has 1 saturated heterocycles. The van der Waals surface area contributed by atoms with Crippen molar-refractivity contribution in [2.75, 3.05) is 52.1 Å². The predicted molar refractivity (Wildman–Crippen MR) is 67.6 cm³/mol. The first kappa shape index (κ1) is 14.8. The van der Waals surface area contributed by atoms with Gasteiger partial charge in [-0.15, -0.1) is 0 Å². The zero-order valence-corrected chi connectivity index (χ0v) is 11.4. The van der Waals surface area contributed by atoms with Crippen LogP contribution in [-0.2, 0) is 14.8 Å². The fourth-order valence-corrected chi connectivity index (χ4v) is 2.66. The second-order valence-electron chi connectivity index (χ2n) is 4.28. The summed E-state index contributed by atoms with van der Waals surface area (Å²) in [5.41, 5.74) is 0. The second-order valence-corrected chi connectivity index (χ2v) is 6.20. The van der Waals surface area contributed by atoms with Gasteiger partial charge in [0, 0.05) is 26.2 Å². The summed E-state index contributed by atoms with van der Waals surface area (Å²) in [4.78, 5) is 2.14. The van der Waals surface area contributed by atoms with E-state index < -0.39 is 10.0 Å². The SMILES string of the molecule is CCNCCS(=O)(=O)NCC1CN(C)CCO1. The molecule has 17 heavy (non-hydrogen) atoms. The van der Waals surface area contributed by atoms with Crippen LogP contribution in [0.5, 0.6) is 0 Å². The van der Waals surface area contributed by atoms with Crippen LogP contribution >= 0.6 is 0 Å². The highest BCUT2D eigenvalue weighted by molar-refractivity contribution is 7.89. The van der Waals surface area contributed by atoms with Crippen LogP contribution in [0.1, 0.15) is 6.92 Å². The first-order valence-corrected chi connectivity index (χ1v) is 7.67. The molecule has 2 N–H and O–H groups in total. The topological polar surface area (TPSA) is 70.7 Å². The van der Waals surface area contributed by atoms with Gasteiger partial charge in [-0.25, -0.2) is 13.1 Å².